The van der Waals surface area contributed by atoms with Crippen molar-refractivity contribution in [2.24, 2.45) is 0 Å². The van der Waals surface area contributed by atoms with Gasteiger partial charge in [0.25, 0.3) is 0 Å². The number of aliphatic hydroxyl groups is 1. The lowest BCUT2D eigenvalue weighted by Gasteiger charge is -2.25. The van der Waals surface area contributed by atoms with E-state index >= 15 is 0 Å². The first-order valence-electron chi connectivity index (χ1n) is 7.12. The van der Waals surface area contributed by atoms with Crippen molar-refractivity contribution in [1.82, 2.24) is 0 Å². The first kappa shape index (κ1) is 12.7. The summed E-state index contributed by atoms with van der Waals surface area (Å²) in [6.45, 7) is 0. The fourth-order valence-electron chi connectivity index (χ4n) is 3.19. The fourth-order valence-corrected chi connectivity index (χ4v) is 3.50. The molecule has 0 unspecified atom stereocenters. The Morgan fingerprint density at radius 2 is 1.74 bits per heavy atom. The van der Waals surface area contributed by atoms with Gasteiger partial charge in [0, 0.05) is 5.39 Å². The Labute approximate surface area is 116 Å². The van der Waals surface area contributed by atoms with Gasteiger partial charge in [-0.3, -0.25) is 0 Å². The first-order valence-corrected chi connectivity index (χ1v) is 8.53. The predicted octanol–water partition coefficient (Wildman–Crippen LogP) is 2.30. The molecule has 2 aromatic rings. The third-order valence-electron chi connectivity index (χ3n) is 4.12. The molecule has 2 aromatic carbocycles. The summed E-state index contributed by atoms with van der Waals surface area (Å²) in [6.07, 6.45) is 4.77. The zero-order chi connectivity index (χ0) is 13.3. The fraction of sp³-hybridized carbons (Fsp3) is 0.375. The number of hydrogen-bond donors (Lipinski definition) is 1. The van der Waals surface area contributed by atoms with Gasteiger partial charge in [0.15, 0.2) is 0 Å². The van der Waals surface area contributed by atoms with Crippen LogP contribution < -0.4 is 4.74 Å². The third kappa shape index (κ3) is 2.17. The maximum Gasteiger partial charge on any atom is 0.126 e. The number of ether oxygens (including phenoxy) is 1. The zero-order valence-electron chi connectivity index (χ0n) is 11.4. The number of benzene rings is 2. The molecule has 0 aromatic heterocycles. The third-order valence-corrected chi connectivity index (χ3v) is 4.40. The maximum absolute atomic E-state index is 10.8. The normalized spacial score (nSPS) is 17.9. The highest BCUT2D eigenvalue weighted by molar-refractivity contribution is 6.08. The molecule has 1 aliphatic rings. The molecule has 3 rings (SSSR count). The van der Waals surface area contributed by atoms with Crippen molar-refractivity contribution in [2.75, 3.05) is 6.23 Å². The highest BCUT2D eigenvalue weighted by Gasteiger charge is 2.34. The minimum absolute atomic E-state index is 0.640. The molecule has 0 radical (unpaired) electrons. The first-order chi connectivity index (χ1) is 9.24. The van der Waals surface area contributed by atoms with Crippen molar-refractivity contribution in [3.05, 3.63) is 42.0 Å². The minimum atomic E-state index is -0.640. The molecule has 1 aliphatic carbocycles. The van der Waals surface area contributed by atoms with E-state index in [0.29, 0.717) is 0 Å². The maximum atomic E-state index is 10.8. The van der Waals surface area contributed by atoms with Crippen molar-refractivity contribution >= 4 is 21.0 Å². The molecule has 0 spiro atoms. The van der Waals surface area contributed by atoms with E-state index in [1.54, 1.807) is 0 Å². The summed E-state index contributed by atoms with van der Waals surface area (Å²) in [4.78, 5) is 0. The van der Waals surface area contributed by atoms with Crippen LogP contribution in [0.2, 0.25) is 0 Å². The van der Waals surface area contributed by atoms with Gasteiger partial charge in [-0.1, -0.05) is 43.2 Å². The van der Waals surface area contributed by atoms with E-state index in [1.807, 2.05) is 18.2 Å². The molecule has 1 saturated carbocycles. The Kier molecular flexibility index (Phi) is 3.33. The minimum Gasteiger partial charge on any atom is -0.498 e. The largest absolute Gasteiger partial charge is 0.498 e. The lowest BCUT2D eigenvalue weighted by molar-refractivity contribution is 0.0460. The average molecular weight is 272 g/mol. The van der Waals surface area contributed by atoms with Crippen molar-refractivity contribution in [3.63, 3.8) is 0 Å². The molecular formula is C16H20O2Si. The smallest absolute Gasteiger partial charge is 0.126 e. The quantitative estimate of drug-likeness (QED) is 0.869. The molecule has 1 fully saturated rings. The van der Waals surface area contributed by atoms with E-state index in [4.69, 9.17) is 4.74 Å². The van der Waals surface area contributed by atoms with Crippen LogP contribution in [0.1, 0.15) is 31.2 Å². The molecule has 0 saturated heterocycles. The van der Waals surface area contributed by atoms with Gasteiger partial charge < -0.3 is 9.84 Å². The van der Waals surface area contributed by atoms with Crippen LogP contribution in [0.25, 0.3) is 10.8 Å². The lowest BCUT2D eigenvalue weighted by Crippen LogP contribution is -2.21. The van der Waals surface area contributed by atoms with Crippen molar-refractivity contribution in [3.8, 4) is 5.75 Å². The van der Waals surface area contributed by atoms with Gasteiger partial charge in [0.2, 0.25) is 0 Å². The van der Waals surface area contributed by atoms with Crippen LogP contribution >= 0.6 is 0 Å². The Morgan fingerprint density at radius 3 is 2.42 bits per heavy atom. The van der Waals surface area contributed by atoms with Crippen molar-refractivity contribution in [2.45, 2.75) is 31.3 Å². The summed E-state index contributed by atoms with van der Waals surface area (Å²) >= 11 is 0. The van der Waals surface area contributed by atoms with Gasteiger partial charge in [0.05, 0.1) is 22.1 Å². The zero-order valence-corrected chi connectivity index (χ0v) is 13.4. The molecule has 3 heteroatoms. The van der Waals surface area contributed by atoms with Crippen molar-refractivity contribution in [1.29, 1.82) is 0 Å². The summed E-state index contributed by atoms with van der Waals surface area (Å²) in [7, 11) is 1.03. The molecule has 0 heterocycles. The molecule has 100 valence electrons. The monoisotopic (exact) mass is 272 g/mol. The highest BCUT2D eigenvalue weighted by Crippen LogP contribution is 2.43. The van der Waals surface area contributed by atoms with Gasteiger partial charge in [-0.05, 0) is 29.9 Å². The second kappa shape index (κ2) is 4.98. The van der Waals surface area contributed by atoms with Gasteiger partial charge in [0.1, 0.15) is 5.75 Å². The predicted molar refractivity (Wildman–Crippen MR) is 81.7 cm³/mol. The molecule has 0 amide bonds. The van der Waals surface area contributed by atoms with E-state index < -0.39 is 5.60 Å². The van der Waals surface area contributed by atoms with Gasteiger partial charge in [-0.15, -0.1) is 0 Å². The summed E-state index contributed by atoms with van der Waals surface area (Å²) < 4.78 is 5.75. The molecule has 0 aliphatic heterocycles. The lowest BCUT2D eigenvalue weighted by atomic mass is 9.88. The van der Waals surface area contributed by atoms with Crippen LogP contribution in [-0.2, 0) is 5.60 Å². The number of fused-ring (bicyclic) bond motifs is 1. The van der Waals surface area contributed by atoms with E-state index in [-0.39, 0.29) is 0 Å². The Morgan fingerprint density at radius 1 is 1.05 bits per heavy atom. The topological polar surface area (TPSA) is 29.5 Å². The van der Waals surface area contributed by atoms with Crippen molar-refractivity contribution < 1.29 is 9.84 Å². The Bertz CT molecular complexity index is 588. The molecule has 1 N–H and O–H groups in total. The average Bonchev–Trinajstić information content (AvgIpc) is 2.87. The molecule has 19 heavy (non-hydrogen) atoms. The van der Waals surface area contributed by atoms with E-state index in [1.165, 1.54) is 0 Å². The SMILES string of the molecule is OC1(c2ccc(OC[SiH3])c3ccccc23)CCCC1. The van der Waals surface area contributed by atoms with Crippen LogP contribution in [0.3, 0.4) is 0 Å². The highest BCUT2D eigenvalue weighted by atomic mass is 28.1. The van der Waals surface area contributed by atoms with E-state index in [9.17, 15) is 5.11 Å². The summed E-state index contributed by atoms with van der Waals surface area (Å²) in [5.74, 6) is 0.941. The molecule has 2 nitrogen and oxygen atoms in total. The van der Waals surface area contributed by atoms with Gasteiger partial charge in [-0.25, -0.2) is 0 Å². The summed E-state index contributed by atoms with van der Waals surface area (Å²) in [5, 5.41) is 13.1. The van der Waals surface area contributed by atoms with Crippen LogP contribution in [0, 0.1) is 0 Å². The van der Waals surface area contributed by atoms with Crippen LogP contribution in [0.4, 0.5) is 0 Å². The summed E-state index contributed by atoms with van der Waals surface area (Å²) in [6, 6.07) is 12.3. The molecule has 0 bridgehead atoms. The Hall–Kier alpha value is -1.32. The molecule has 0 atom stereocenters. The van der Waals surface area contributed by atoms with E-state index in [2.05, 4.69) is 18.2 Å². The standard InChI is InChI=1S/C16H20O2Si/c17-16(9-3-4-10-16)14-7-8-15(18-11-19)13-6-2-1-5-12(13)14/h1-2,5-8,17H,3-4,9-11H2,19H3. The second-order valence-electron chi connectivity index (χ2n) is 5.33. The van der Waals surface area contributed by atoms with E-state index in [0.717, 1.165) is 64.2 Å². The number of hydrogen-bond acceptors (Lipinski definition) is 2. The Balaban J connectivity index is 2.19. The molecular weight excluding hydrogens is 252 g/mol. The van der Waals surface area contributed by atoms with Crippen LogP contribution in [-0.4, -0.2) is 21.6 Å². The van der Waals surface area contributed by atoms with Gasteiger partial charge in [-0.2, -0.15) is 0 Å². The van der Waals surface area contributed by atoms with Gasteiger partial charge >= 0.3 is 0 Å². The van der Waals surface area contributed by atoms with Crippen LogP contribution in [0.5, 0.6) is 5.75 Å². The van der Waals surface area contributed by atoms with Crippen LogP contribution in [0.15, 0.2) is 36.4 Å². The number of rotatable bonds is 3. The summed E-state index contributed by atoms with van der Waals surface area (Å²) in [5.41, 5.74) is 0.431. The second-order valence-corrected chi connectivity index (χ2v) is 5.91.